The van der Waals surface area contributed by atoms with E-state index in [1.807, 2.05) is 19.1 Å². The van der Waals surface area contributed by atoms with Gasteiger partial charge in [0.1, 0.15) is 11.8 Å². The Morgan fingerprint density at radius 1 is 1.07 bits per heavy atom. The Morgan fingerprint density at radius 3 is 2.37 bits per heavy atom. The van der Waals surface area contributed by atoms with Gasteiger partial charge in [-0.3, -0.25) is 19.2 Å². The highest BCUT2D eigenvalue weighted by molar-refractivity contribution is 6.23. The average molecular weight is 406 g/mol. The van der Waals surface area contributed by atoms with E-state index in [9.17, 15) is 19.2 Å². The minimum absolute atomic E-state index is 0.0222. The van der Waals surface area contributed by atoms with Crippen LogP contribution in [0.5, 0.6) is 5.75 Å². The Morgan fingerprint density at radius 2 is 1.77 bits per heavy atom. The lowest BCUT2D eigenvalue weighted by atomic mass is 10.1. The van der Waals surface area contributed by atoms with E-state index in [1.165, 1.54) is 19.1 Å². The number of esters is 1. The SMILES string of the molecule is CC(=O)Oc1ccc(N2C(=O)CC(N(C(=O)c3cccc(C)c3)C3CC3)C2=O)cc1. The molecule has 154 valence electrons. The topological polar surface area (TPSA) is 84.0 Å². The molecule has 2 aromatic rings. The lowest BCUT2D eigenvalue weighted by Gasteiger charge is -2.28. The summed E-state index contributed by atoms with van der Waals surface area (Å²) in [7, 11) is 0. The summed E-state index contributed by atoms with van der Waals surface area (Å²) in [5.74, 6) is -1.11. The molecule has 7 nitrogen and oxygen atoms in total. The van der Waals surface area contributed by atoms with Crippen molar-refractivity contribution in [3.8, 4) is 5.75 Å². The zero-order valence-electron chi connectivity index (χ0n) is 16.8. The minimum atomic E-state index is -0.814. The summed E-state index contributed by atoms with van der Waals surface area (Å²) < 4.78 is 4.99. The van der Waals surface area contributed by atoms with E-state index in [1.54, 1.807) is 29.2 Å². The van der Waals surface area contributed by atoms with Crippen molar-refractivity contribution in [3.63, 3.8) is 0 Å². The number of amides is 3. The molecule has 1 saturated carbocycles. The van der Waals surface area contributed by atoms with Gasteiger partial charge in [0, 0.05) is 18.5 Å². The second kappa shape index (κ2) is 7.74. The van der Waals surface area contributed by atoms with Crippen LogP contribution in [0, 0.1) is 6.92 Å². The molecule has 1 atom stereocenters. The van der Waals surface area contributed by atoms with E-state index in [0.717, 1.165) is 23.3 Å². The van der Waals surface area contributed by atoms with Gasteiger partial charge in [-0.05, 0) is 56.2 Å². The molecule has 0 radical (unpaired) electrons. The van der Waals surface area contributed by atoms with Crippen LogP contribution in [0.15, 0.2) is 48.5 Å². The number of carbonyl (C=O) groups is 4. The van der Waals surface area contributed by atoms with Gasteiger partial charge in [-0.15, -0.1) is 0 Å². The van der Waals surface area contributed by atoms with Crippen molar-refractivity contribution in [2.75, 3.05) is 4.90 Å². The molecule has 1 aliphatic heterocycles. The van der Waals surface area contributed by atoms with Crippen LogP contribution in [0.1, 0.15) is 42.1 Å². The molecule has 0 bridgehead atoms. The third-order valence-electron chi connectivity index (χ3n) is 5.25. The largest absolute Gasteiger partial charge is 0.427 e. The second-order valence-corrected chi connectivity index (χ2v) is 7.69. The quantitative estimate of drug-likeness (QED) is 0.433. The van der Waals surface area contributed by atoms with Gasteiger partial charge in [0.05, 0.1) is 12.1 Å². The average Bonchev–Trinajstić information content (AvgIpc) is 3.48. The van der Waals surface area contributed by atoms with Crippen LogP contribution in [0.3, 0.4) is 0 Å². The lowest BCUT2D eigenvalue weighted by Crippen LogP contribution is -2.46. The van der Waals surface area contributed by atoms with Crippen LogP contribution in [0.25, 0.3) is 0 Å². The number of nitrogens with zero attached hydrogens (tertiary/aromatic N) is 2. The van der Waals surface area contributed by atoms with E-state index in [4.69, 9.17) is 4.74 Å². The molecule has 0 aromatic heterocycles. The fraction of sp³-hybridized carbons (Fsp3) is 0.304. The fourth-order valence-electron chi connectivity index (χ4n) is 3.78. The maximum atomic E-state index is 13.2. The fourth-order valence-corrected chi connectivity index (χ4v) is 3.78. The molecule has 1 heterocycles. The predicted molar refractivity (Wildman–Crippen MR) is 109 cm³/mol. The van der Waals surface area contributed by atoms with Crippen molar-refractivity contribution >= 4 is 29.4 Å². The van der Waals surface area contributed by atoms with Crippen molar-refractivity contribution < 1.29 is 23.9 Å². The first-order chi connectivity index (χ1) is 14.3. The Labute approximate surface area is 174 Å². The standard InChI is InChI=1S/C23H22N2O5/c1-14-4-3-5-16(12-14)22(28)24(17-6-7-17)20-13-21(27)25(23(20)29)18-8-10-19(11-9-18)30-15(2)26/h3-5,8-12,17,20H,6-7,13H2,1-2H3. The number of imide groups is 1. The number of rotatable bonds is 5. The Balaban J connectivity index is 1.59. The number of benzene rings is 2. The van der Waals surface area contributed by atoms with Crippen LogP contribution in [0.4, 0.5) is 5.69 Å². The molecule has 0 N–H and O–H groups in total. The number of ether oxygens (including phenoxy) is 1. The first-order valence-corrected chi connectivity index (χ1v) is 9.90. The molecule has 2 aliphatic rings. The summed E-state index contributed by atoms with van der Waals surface area (Å²) in [5.41, 5.74) is 1.87. The van der Waals surface area contributed by atoms with Gasteiger partial charge < -0.3 is 9.64 Å². The Bertz CT molecular complexity index is 1030. The van der Waals surface area contributed by atoms with Gasteiger partial charge in [0.2, 0.25) is 5.91 Å². The summed E-state index contributed by atoms with van der Waals surface area (Å²) in [5, 5.41) is 0. The van der Waals surface area contributed by atoms with Crippen molar-refractivity contribution in [1.82, 2.24) is 4.90 Å². The summed E-state index contributed by atoms with van der Waals surface area (Å²) in [6.07, 6.45) is 1.61. The van der Waals surface area contributed by atoms with Crippen molar-refractivity contribution in [2.24, 2.45) is 0 Å². The van der Waals surface area contributed by atoms with Crippen molar-refractivity contribution in [2.45, 2.75) is 45.2 Å². The molecule has 3 amide bonds. The normalized spacial score (nSPS) is 18.5. The lowest BCUT2D eigenvalue weighted by molar-refractivity contribution is -0.132. The van der Waals surface area contributed by atoms with E-state index < -0.39 is 17.9 Å². The number of anilines is 1. The maximum Gasteiger partial charge on any atom is 0.308 e. The molecular formula is C23H22N2O5. The van der Waals surface area contributed by atoms with Gasteiger partial charge in [0.15, 0.2) is 0 Å². The summed E-state index contributed by atoms with van der Waals surface area (Å²) in [4.78, 5) is 52.9. The van der Waals surface area contributed by atoms with Gasteiger partial charge in [-0.2, -0.15) is 0 Å². The number of hydrogen-bond acceptors (Lipinski definition) is 5. The second-order valence-electron chi connectivity index (χ2n) is 7.69. The highest BCUT2D eigenvalue weighted by Crippen LogP contribution is 2.35. The minimum Gasteiger partial charge on any atom is -0.427 e. The smallest absolute Gasteiger partial charge is 0.308 e. The molecule has 1 saturated heterocycles. The molecule has 7 heteroatoms. The first kappa shape index (κ1) is 19.8. The summed E-state index contributed by atoms with van der Waals surface area (Å²) >= 11 is 0. The van der Waals surface area contributed by atoms with Crippen LogP contribution in [0.2, 0.25) is 0 Å². The van der Waals surface area contributed by atoms with Crippen LogP contribution in [-0.2, 0) is 14.4 Å². The highest BCUT2D eigenvalue weighted by atomic mass is 16.5. The van der Waals surface area contributed by atoms with E-state index in [0.29, 0.717) is 17.0 Å². The van der Waals surface area contributed by atoms with Crippen molar-refractivity contribution in [1.29, 1.82) is 0 Å². The molecule has 1 unspecified atom stereocenters. The number of hydrogen-bond donors (Lipinski definition) is 0. The predicted octanol–water partition coefficient (Wildman–Crippen LogP) is 2.86. The number of carbonyl (C=O) groups excluding carboxylic acids is 4. The third kappa shape index (κ3) is 3.83. The third-order valence-corrected chi connectivity index (χ3v) is 5.25. The molecule has 2 aromatic carbocycles. The molecule has 2 fully saturated rings. The molecule has 4 rings (SSSR count). The first-order valence-electron chi connectivity index (χ1n) is 9.90. The highest BCUT2D eigenvalue weighted by Gasteiger charge is 2.48. The molecular weight excluding hydrogens is 384 g/mol. The molecule has 0 spiro atoms. The molecule has 30 heavy (non-hydrogen) atoms. The Kier molecular flexibility index (Phi) is 5.11. The van der Waals surface area contributed by atoms with E-state index in [2.05, 4.69) is 0 Å². The van der Waals surface area contributed by atoms with Gasteiger partial charge >= 0.3 is 5.97 Å². The van der Waals surface area contributed by atoms with Gasteiger partial charge in [-0.25, -0.2) is 4.90 Å². The van der Waals surface area contributed by atoms with E-state index >= 15 is 0 Å². The number of aryl methyl sites for hydroxylation is 1. The maximum absolute atomic E-state index is 13.2. The van der Waals surface area contributed by atoms with Crippen LogP contribution in [-0.4, -0.2) is 40.7 Å². The van der Waals surface area contributed by atoms with Crippen LogP contribution < -0.4 is 9.64 Å². The van der Waals surface area contributed by atoms with Gasteiger partial charge in [0.25, 0.3) is 11.8 Å². The molecule has 1 aliphatic carbocycles. The monoisotopic (exact) mass is 406 g/mol. The van der Waals surface area contributed by atoms with Gasteiger partial charge in [-0.1, -0.05) is 17.7 Å². The summed E-state index contributed by atoms with van der Waals surface area (Å²) in [6.45, 7) is 3.20. The Hall–Kier alpha value is -3.48. The van der Waals surface area contributed by atoms with Crippen molar-refractivity contribution in [3.05, 3.63) is 59.7 Å². The zero-order chi connectivity index (χ0) is 21.4. The zero-order valence-corrected chi connectivity index (χ0v) is 16.8. The van der Waals surface area contributed by atoms with Crippen LogP contribution >= 0.6 is 0 Å². The van der Waals surface area contributed by atoms with E-state index in [-0.39, 0.29) is 24.3 Å². The summed E-state index contributed by atoms with van der Waals surface area (Å²) in [6, 6.07) is 12.6.